The van der Waals surface area contributed by atoms with Crippen molar-refractivity contribution in [2.75, 3.05) is 19.6 Å². The summed E-state index contributed by atoms with van der Waals surface area (Å²) in [6.07, 6.45) is 6.56. The van der Waals surface area contributed by atoms with Crippen molar-refractivity contribution in [2.45, 2.75) is 79.2 Å². The molecule has 21 heavy (non-hydrogen) atoms. The maximum absolute atomic E-state index is 6.33. The van der Waals surface area contributed by atoms with Gasteiger partial charge in [-0.2, -0.15) is 0 Å². The van der Waals surface area contributed by atoms with Crippen molar-refractivity contribution in [1.29, 1.82) is 0 Å². The highest BCUT2D eigenvalue weighted by atomic mass is 15.2. The van der Waals surface area contributed by atoms with Crippen molar-refractivity contribution in [3.8, 4) is 0 Å². The second kappa shape index (κ2) is 8.53. The van der Waals surface area contributed by atoms with Gasteiger partial charge in [-0.3, -0.25) is 4.90 Å². The summed E-state index contributed by atoms with van der Waals surface area (Å²) in [6, 6.07) is 0. The summed E-state index contributed by atoms with van der Waals surface area (Å²) in [5.41, 5.74) is 6.60. The van der Waals surface area contributed by atoms with Gasteiger partial charge in [-0.25, -0.2) is 0 Å². The van der Waals surface area contributed by atoms with Crippen LogP contribution < -0.4 is 5.73 Å². The van der Waals surface area contributed by atoms with Crippen LogP contribution in [0.5, 0.6) is 0 Å². The summed E-state index contributed by atoms with van der Waals surface area (Å²) in [7, 11) is 0. The molecule has 0 aromatic carbocycles. The minimum absolute atomic E-state index is 0.265. The molecule has 2 heteroatoms. The molecule has 2 unspecified atom stereocenters. The highest BCUT2D eigenvalue weighted by Crippen LogP contribution is 2.39. The van der Waals surface area contributed by atoms with E-state index >= 15 is 0 Å². The van der Waals surface area contributed by atoms with Gasteiger partial charge < -0.3 is 5.73 Å². The highest BCUT2D eigenvalue weighted by Gasteiger charge is 2.41. The van der Waals surface area contributed by atoms with Gasteiger partial charge in [0.15, 0.2) is 0 Å². The van der Waals surface area contributed by atoms with Crippen LogP contribution >= 0.6 is 0 Å². The average molecular weight is 297 g/mol. The van der Waals surface area contributed by atoms with Gasteiger partial charge in [0, 0.05) is 12.1 Å². The van der Waals surface area contributed by atoms with Gasteiger partial charge in [-0.05, 0) is 68.9 Å². The van der Waals surface area contributed by atoms with E-state index in [9.17, 15) is 0 Å². The predicted molar refractivity (Wildman–Crippen MR) is 94.4 cm³/mol. The first-order valence-corrected chi connectivity index (χ1v) is 9.24. The first kappa shape index (κ1) is 19.0. The van der Waals surface area contributed by atoms with Crippen LogP contribution in [0.2, 0.25) is 0 Å². The van der Waals surface area contributed by atoms with E-state index in [0.29, 0.717) is 0 Å². The van der Waals surface area contributed by atoms with Crippen molar-refractivity contribution >= 4 is 0 Å². The molecular formula is C19H40N2. The maximum atomic E-state index is 6.33. The van der Waals surface area contributed by atoms with Crippen LogP contribution in [0.15, 0.2) is 0 Å². The average Bonchev–Trinajstić information content (AvgIpc) is 2.36. The third kappa shape index (κ3) is 5.90. The SMILES string of the molecule is CC(C)CCN(CCC(C)C)C1(CN)CC(C)CC(C)C1. The zero-order valence-electron chi connectivity index (χ0n) is 15.5. The second-order valence-electron chi connectivity index (χ2n) is 8.63. The van der Waals surface area contributed by atoms with Crippen molar-refractivity contribution < 1.29 is 0 Å². The van der Waals surface area contributed by atoms with E-state index < -0.39 is 0 Å². The van der Waals surface area contributed by atoms with E-state index in [1.165, 1.54) is 45.2 Å². The van der Waals surface area contributed by atoms with Crippen LogP contribution in [0.1, 0.15) is 73.6 Å². The fraction of sp³-hybridized carbons (Fsp3) is 1.00. The molecule has 2 nitrogen and oxygen atoms in total. The molecule has 1 rings (SSSR count). The molecule has 0 aliphatic heterocycles. The van der Waals surface area contributed by atoms with E-state index in [1.807, 2.05) is 0 Å². The molecule has 1 aliphatic carbocycles. The summed E-state index contributed by atoms with van der Waals surface area (Å²) in [5, 5.41) is 0. The first-order valence-electron chi connectivity index (χ1n) is 9.24. The fourth-order valence-electron chi connectivity index (χ4n) is 4.20. The molecule has 0 amide bonds. The Kier molecular flexibility index (Phi) is 7.70. The van der Waals surface area contributed by atoms with Crippen molar-refractivity contribution in [3.63, 3.8) is 0 Å². The van der Waals surface area contributed by atoms with Crippen molar-refractivity contribution in [3.05, 3.63) is 0 Å². The molecule has 0 bridgehead atoms. The Morgan fingerprint density at radius 2 is 1.38 bits per heavy atom. The molecule has 0 saturated heterocycles. The van der Waals surface area contributed by atoms with Gasteiger partial charge in [0.1, 0.15) is 0 Å². The molecule has 2 atom stereocenters. The normalized spacial score (nSPS) is 30.6. The smallest absolute Gasteiger partial charge is 0.0336 e. The van der Waals surface area contributed by atoms with Crippen LogP contribution in [0.3, 0.4) is 0 Å². The molecule has 2 N–H and O–H groups in total. The van der Waals surface area contributed by atoms with E-state index in [1.54, 1.807) is 0 Å². The number of hydrogen-bond acceptors (Lipinski definition) is 2. The lowest BCUT2D eigenvalue weighted by Gasteiger charge is -2.50. The van der Waals surface area contributed by atoms with Gasteiger partial charge >= 0.3 is 0 Å². The maximum Gasteiger partial charge on any atom is 0.0336 e. The zero-order valence-corrected chi connectivity index (χ0v) is 15.5. The monoisotopic (exact) mass is 296 g/mol. The number of nitrogens with zero attached hydrogens (tertiary/aromatic N) is 1. The third-order valence-electron chi connectivity index (χ3n) is 5.27. The van der Waals surface area contributed by atoms with Gasteiger partial charge in [0.2, 0.25) is 0 Å². The van der Waals surface area contributed by atoms with E-state index in [-0.39, 0.29) is 5.54 Å². The quantitative estimate of drug-likeness (QED) is 0.713. The van der Waals surface area contributed by atoms with Crippen LogP contribution in [-0.2, 0) is 0 Å². The summed E-state index contributed by atoms with van der Waals surface area (Å²) >= 11 is 0. The Bertz CT molecular complexity index is 263. The van der Waals surface area contributed by atoms with Crippen LogP contribution in [0.4, 0.5) is 0 Å². The molecule has 1 aliphatic rings. The lowest BCUT2D eigenvalue weighted by atomic mass is 9.70. The van der Waals surface area contributed by atoms with E-state index in [2.05, 4.69) is 46.4 Å². The zero-order chi connectivity index (χ0) is 16.0. The lowest BCUT2D eigenvalue weighted by Crippen LogP contribution is -2.58. The number of hydrogen-bond donors (Lipinski definition) is 1. The molecular weight excluding hydrogens is 256 g/mol. The molecule has 0 heterocycles. The van der Waals surface area contributed by atoms with Crippen molar-refractivity contribution in [1.82, 2.24) is 4.90 Å². The van der Waals surface area contributed by atoms with Gasteiger partial charge in [-0.15, -0.1) is 0 Å². The largest absolute Gasteiger partial charge is 0.329 e. The van der Waals surface area contributed by atoms with E-state index in [4.69, 9.17) is 5.73 Å². The van der Waals surface area contributed by atoms with Crippen LogP contribution in [0, 0.1) is 23.7 Å². The summed E-state index contributed by atoms with van der Waals surface area (Å²) < 4.78 is 0. The minimum atomic E-state index is 0.265. The van der Waals surface area contributed by atoms with Crippen LogP contribution in [0.25, 0.3) is 0 Å². The first-order chi connectivity index (χ1) is 9.79. The predicted octanol–water partition coefficient (Wildman–Crippen LogP) is 4.53. The van der Waals surface area contributed by atoms with E-state index in [0.717, 1.165) is 30.2 Å². The van der Waals surface area contributed by atoms with Gasteiger partial charge in [0.05, 0.1) is 0 Å². The third-order valence-corrected chi connectivity index (χ3v) is 5.27. The van der Waals surface area contributed by atoms with Crippen molar-refractivity contribution in [2.24, 2.45) is 29.4 Å². The summed E-state index contributed by atoms with van der Waals surface area (Å²) in [4.78, 5) is 2.78. The second-order valence-corrected chi connectivity index (χ2v) is 8.63. The highest BCUT2D eigenvalue weighted by molar-refractivity contribution is 4.97. The lowest BCUT2D eigenvalue weighted by molar-refractivity contribution is 0.0134. The molecule has 1 saturated carbocycles. The molecule has 0 aromatic rings. The van der Waals surface area contributed by atoms with Crippen LogP contribution in [-0.4, -0.2) is 30.1 Å². The fourth-order valence-corrected chi connectivity index (χ4v) is 4.20. The summed E-state index contributed by atoms with van der Waals surface area (Å²) in [6.45, 7) is 17.5. The Morgan fingerprint density at radius 1 is 0.952 bits per heavy atom. The minimum Gasteiger partial charge on any atom is -0.329 e. The number of nitrogens with two attached hydrogens (primary N) is 1. The molecule has 0 aromatic heterocycles. The topological polar surface area (TPSA) is 29.3 Å². The number of rotatable bonds is 8. The van der Waals surface area contributed by atoms with Gasteiger partial charge in [-0.1, -0.05) is 41.5 Å². The Balaban J connectivity index is 2.83. The Morgan fingerprint density at radius 3 is 1.71 bits per heavy atom. The standard InChI is InChI=1S/C19H40N2/c1-15(2)7-9-21(10-8-16(3)4)19(14-20)12-17(5)11-18(6)13-19/h15-18H,7-14,20H2,1-6H3. The summed E-state index contributed by atoms with van der Waals surface area (Å²) in [5.74, 6) is 3.19. The Hall–Kier alpha value is -0.0800. The molecule has 126 valence electrons. The molecule has 1 fully saturated rings. The Labute approximate surface area is 133 Å². The molecule has 0 radical (unpaired) electrons. The van der Waals surface area contributed by atoms with Gasteiger partial charge in [0.25, 0.3) is 0 Å². The molecule has 0 spiro atoms.